The lowest BCUT2D eigenvalue weighted by Gasteiger charge is -2.22. The normalized spacial score (nSPS) is 13.8. The summed E-state index contributed by atoms with van der Waals surface area (Å²) in [7, 11) is 0. The predicted octanol–water partition coefficient (Wildman–Crippen LogP) is 7.90. The highest BCUT2D eigenvalue weighted by atomic mass is 32.1. The zero-order valence-electron chi connectivity index (χ0n) is 16.5. The lowest BCUT2D eigenvalue weighted by molar-refractivity contribution is 0.661. The van der Waals surface area contributed by atoms with E-state index in [1.54, 1.807) is 0 Å². The van der Waals surface area contributed by atoms with Crippen LogP contribution < -0.4 is 0 Å². The number of thiol groups is 2. The Balaban J connectivity index is 1.61. The molecule has 0 fully saturated rings. The van der Waals surface area contributed by atoms with Crippen LogP contribution in [0.4, 0.5) is 0 Å². The van der Waals surface area contributed by atoms with Crippen LogP contribution >= 0.6 is 25.3 Å². The smallest absolute Gasteiger partial charge is 0.0159 e. The molecule has 0 saturated heterocycles. The van der Waals surface area contributed by atoms with E-state index >= 15 is 0 Å². The van der Waals surface area contributed by atoms with Crippen LogP contribution in [0.5, 0.6) is 0 Å². The molecule has 0 aliphatic heterocycles. The molecule has 1 aliphatic carbocycles. The summed E-state index contributed by atoms with van der Waals surface area (Å²) in [6.45, 7) is 4.66. The van der Waals surface area contributed by atoms with Gasteiger partial charge in [-0.3, -0.25) is 0 Å². The summed E-state index contributed by atoms with van der Waals surface area (Å²) in [6.07, 6.45) is 0. The minimum Gasteiger partial charge on any atom is -0.143 e. The van der Waals surface area contributed by atoms with E-state index in [0.717, 1.165) is 9.79 Å². The van der Waals surface area contributed by atoms with Gasteiger partial charge in [0.15, 0.2) is 0 Å². The van der Waals surface area contributed by atoms with Gasteiger partial charge >= 0.3 is 0 Å². The molecule has 5 rings (SSSR count). The summed E-state index contributed by atoms with van der Waals surface area (Å²) in [6, 6.07) is 30.5. The molecule has 0 unspecified atom stereocenters. The summed E-state index contributed by atoms with van der Waals surface area (Å²) in [5.74, 6) is 0. The van der Waals surface area contributed by atoms with E-state index in [1.165, 1.54) is 44.5 Å². The van der Waals surface area contributed by atoms with Gasteiger partial charge < -0.3 is 0 Å². The Labute approximate surface area is 183 Å². The molecule has 0 radical (unpaired) electrons. The minimum absolute atomic E-state index is 0.0380. The fraction of sp³-hybridized carbons (Fsp3) is 0.111. The van der Waals surface area contributed by atoms with Gasteiger partial charge in [-0.05, 0) is 80.9 Å². The first-order valence-electron chi connectivity index (χ1n) is 9.82. The second-order valence-electron chi connectivity index (χ2n) is 8.24. The molecule has 0 atom stereocenters. The van der Waals surface area contributed by atoms with Crippen molar-refractivity contribution in [1.29, 1.82) is 0 Å². The molecule has 4 aromatic rings. The van der Waals surface area contributed by atoms with Crippen LogP contribution in [-0.4, -0.2) is 0 Å². The SMILES string of the molecule is CC1(C)c2cc(-c3ccc(S)cc3)ccc2-c2ccc(-c3ccc(S)cc3)cc21. The van der Waals surface area contributed by atoms with Gasteiger partial charge in [0.1, 0.15) is 0 Å². The summed E-state index contributed by atoms with van der Waals surface area (Å²) in [5, 5.41) is 0. The Hall–Kier alpha value is -2.42. The van der Waals surface area contributed by atoms with Crippen molar-refractivity contribution in [2.75, 3.05) is 0 Å². The van der Waals surface area contributed by atoms with E-state index < -0.39 is 0 Å². The number of hydrogen-bond acceptors (Lipinski definition) is 2. The molecule has 0 amide bonds. The predicted molar refractivity (Wildman–Crippen MR) is 129 cm³/mol. The van der Waals surface area contributed by atoms with Crippen molar-refractivity contribution in [2.45, 2.75) is 29.1 Å². The summed E-state index contributed by atoms with van der Waals surface area (Å²) in [5.41, 5.74) is 10.4. The van der Waals surface area contributed by atoms with Crippen molar-refractivity contribution in [3.63, 3.8) is 0 Å². The first-order valence-corrected chi connectivity index (χ1v) is 10.7. The van der Waals surface area contributed by atoms with Crippen LogP contribution in [0.2, 0.25) is 0 Å². The third-order valence-electron chi connectivity index (χ3n) is 6.08. The number of fused-ring (bicyclic) bond motifs is 3. The molecule has 0 nitrogen and oxygen atoms in total. The molecule has 1 aliphatic rings. The molecule has 0 heterocycles. The Morgan fingerprint density at radius 3 is 1.21 bits per heavy atom. The van der Waals surface area contributed by atoms with Crippen molar-refractivity contribution in [1.82, 2.24) is 0 Å². The van der Waals surface area contributed by atoms with E-state index in [4.69, 9.17) is 0 Å². The van der Waals surface area contributed by atoms with Gasteiger partial charge in [-0.1, -0.05) is 62.4 Å². The highest BCUT2D eigenvalue weighted by Crippen LogP contribution is 2.50. The zero-order valence-corrected chi connectivity index (χ0v) is 18.3. The summed E-state index contributed by atoms with van der Waals surface area (Å²) in [4.78, 5) is 1.97. The Morgan fingerprint density at radius 1 is 0.483 bits per heavy atom. The second kappa shape index (κ2) is 6.83. The van der Waals surface area contributed by atoms with Crippen LogP contribution in [0, 0.1) is 0 Å². The molecule has 4 aromatic carbocycles. The van der Waals surface area contributed by atoms with Gasteiger partial charge in [0.2, 0.25) is 0 Å². The van der Waals surface area contributed by atoms with Crippen LogP contribution in [-0.2, 0) is 5.41 Å². The first kappa shape index (κ1) is 18.6. The van der Waals surface area contributed by atoms with Crippen molar-refractivity contribution >= 4 is 25.3 Å². The number of benzene rings is 4. The average Bonchev–Trinajstić information content (AvgIpc) is 2.96. The van der Waals surface area contributed by atoms with E-state index in [9.17, 15) is 0 Å². The van der Waals surface area contributed by atoms with Crippen LogP contribution in [0.15, 0.2) is 94.7 Å². The summed E-state index contributed by atoms with van der Waals surface area (Å²) >= 11 is 8.82. The van der Waals surface area contributed by atoms with Gasteiger partial charge in [-0.15, -0.1) is 25.3 Å². The monoisotopic (exact) mass is 410 g/mol. The second-order valence-corrected chi connectivity index (χ2v) is 9.27. The quantitative estimate of drug-likeness (QED) is 0.308. The molecule has 0 bridgehead atoms. The van der Waals surface area contributed by atoms with Crippen LogP contribution in [0.25, 0.3) is 33.4 Å². The third kappa shape index (κ3) is 3.11. The van der Waals surface area contributed by atoms with Gasteiger partial charge in [0.25, 0.3) is 0 Å². The van der Waals surface area contributed by atoms with Gasteiger partial charge in [0.05, 0.1) is 0 Å². The fourth-order valence-corrected chi connectivity index (χ4v) is 4.70. The van der Waals surface area contributed by atoms with Crippen molar-refractivity contribution in [3.8, 4) is 33.4 Å². The van der Waals surface area contributed by atoms with Gasteiger partial charge in [-0.25, -0.2) is 0 Å². The molecule has 0 aromatic heterocycles. The highest BCUT2D eigenvalue weighted by Gasteiger charge is 2.35. The van der Waals surface area contributed by atoms with Crippen LogP contribution in [0.3, 0.4) is 0 Å². The topological polar surface area (TPSA) is 0 Å². The highest BCUT2D eigenvalue weighted by molar-refractivity contribution is 7.80. The Morgan fingerprint density at radius 2 is 0.828 bits per heavy atom. The van der Waals surface area contributed by atoms with E-state index in [2.05, 4.69) is 99.8 Å². The fourth-order valence-electron chi connectivity index (χ4n) is 4.40. The molecule has 0 saturated carbocycles. The van der Waals surface area contributed by atoms with E-state index in [0.29, 0.717) is 0 Å². The zero-order chi connectivity index (χ0) is 20.2. The molecule has 142 valence electrons. The summed E-state index contributed by atoms with van der Waals surface area (Å²) < 4.78 is 0. The molecule has 2 heteroatoms. The lowest BCUT2D eigenvalue weighted by atomic mass is 9.81. The lowest BCUT2D eigenvalue weighted by Crippen LogP contribution is -2.15. The standard InChI is InChI=1S/C27H22S2/c1-27(2)25-15-19(17-3-9-21(28)10-4-17)7-13-23(25)24-14-8-20(16-26(24)27)18-5-11-22(29)12-6-18/h3-16,28-29H,1-2H3. The third-order valence-corrected chi connectivity index (χ3v) is 6.67. The minimum atomic E-state index is -0.0380. The maximum atomic E-state index is 4.41. The van der Waals surface area contributed by atoms with E-state index in [1.807, 2.05) is 24.3 Å². The number of hydrogen-bond donors (Lipinski definition) is 2. The molecular weight excluding hydrogens is 388 g/mol. The largest absolute Gasteiger partial charge is 0.143 e. The van der Waals surface area contributed by atoms with Gasteiger partial charge in [-0.2, -0.15) is 0 Å². The van der Waals surface area contributed by atoms with Crippen molar-refractivity contribution in [3.05, 3.63) is 96.1 Å². The van der Waals surface area contributed by atoms with Crippen LogP contribution in [0.1, 0.15) is 25.0 Å². The van der Waals surface area contributed by atoms with E-state index in [-0.39, 0.29) is 5.41 Å². The molecular formula is C27H22S2. The maximum Gasteiger partial charge on any atom is 0.0159 e. The first-order chi connectivity index (χ1) is 13.9. The van der Waals surface area contributed by atoms with Crippen molar-refractivity contribution < 1.29 is 0 Å². The Bertz CT molecular complexity index is 1120. The molecule has 29 heavy (non-hydrogen) atoms. The molecule has 0 N–H and O–H groups in total. The maximum absolute atomic E-state index is 4.41. The Kier molecular flexibility index (Phi) is 4.38. The number of rotatable bonds is 2. The van der Waals surface area contributed by atoms with Gasteiger partial charge in [0, 0.05) is 15.2 Å². The molecule has 0 spiro atoms. The average molecular weight is 411 g/mol. The van der Waals surface area contributed by atoms with Crippen molar-refractivity contribution in [2.24, 2.45) is 0 Å².